The number of amides is 2. The van der Waals surface area contributed by atoms with Crippen LogP contribution in [0, 0.1) is 16.0 Å². The van der Waals surface area contributed by atoms with Gasteiger partial charge in [0.05, 0.1) is 10.8 Å². The van der Waals surface area contributed by atoms with Gasteiger partial charge < -0.3 is 15.3 Å². The average Bonchev–Trinajstić information content (AvgIpc) is 2.86. The van der Waals surface area contributed by atoms with E-state index in [1.807, 2.05) is 6.92 Å². The monoisotopic (exact) mass is 349 g/mol. The third-order valence-corrected chi connectivity index (χ3v) is 4.42. The second-order valence-electron chi connectivity index (χ2n) is 6.07. The van der Waals surface area contributed by atoms with Crippen LogP contribution in [-0.2, 0) is 9.59 Å². The molecule has 0 bridgehead atoms. The highest BCUT2D eigenvalue weighted by Crippen LogP contribution is 2.30. The molecule has 2 N–H and O–H groups in total. The minimum Gasteiger partial charge on any atom is -0.376 e. The third kappa shape index (κ3) is 4.33. The van der Waals surface area contributed by atoms with Gasteiger partial charge in [0.15, 0.2) is 0 Å². The Balaban J connectivity index is 2.31. The van der Waals surface area contributed by atoms with Crippen LogP contribution in [0.15, 0.2) is 35.6 Å². The van der Waals surface area contributed by atoms with E-state index in [1.165, 1.54) is 18.2 Å². The van der Waals surface area contributed by atoms with Crippen LogP contribution < -0.4 is 5.32 Å². The Labute approximate surface area is 146 Å². The van der Waals surface area contributed by atoms with Gasteiger partial charge in [-0.1, -0.05) is 25.5 Å². The van der Waals surface area contributed by atoms with Crippen LogP contribution in [0.25, 0.3) is 0 Å². The highest BCUT2D eigenvalue weighted by molar-refractivity contribution is 5.91. The van der Waals surface area contributed by atoms with Gasteiger partial charge in [0.25, 0.3) is 5.70 Å². The van der Waals surface area contributed by atoms with E-state index in [0.29, 0.717) is 37.8 Å². The van der Waals surface area contributed by atoms with Crippen molar-refractivity contribution >= 4 is 11.8 Å². The predicted molar refractivity (Wildman–Crippen MR) is 90.7 cm³/mol. The Morgan fingerprint density at radius 3 is 2.96 bits per heavy atom. The second-order valence-corrected chi connectivity index (χ2v) is 6.07. The number of nitrogens with one attached hydrogen (secondary N) is 1. The van der Waals surface area contributed by atoms with Crippen LogP contribution >= 0.6 is 0 Å². The zero-order valence-corrected chi connectivity index (χ0v) is 14.2. The van der Waals surface area contributed by atoms with Crippen molar-refractivity contribution in [1.82, 2.24) is 10.2 Å². The van der Waals surface area contributed by atoms with Gasteiger partial charge >= 0.3 is 0 Å². The molecule has 0 aromatic carbocycles. The fourth-order valence-electron chi connectivity index (χ4n) is 3.25. The van der Waals surface area contributed by atoms with Gasteiger partial charge in [-0.15, -0.1) is 0 Å². The maximum absolute atomic E-state index is 13.0. The number of carbonyl (C=O) groups excluding carboxylic acids is 2. The molecular formula is C17H23N3O5. The van der Waals surface area contributed by atoms with Gasteiger partial charge in [-0.25, -0.2) is 0 Å². The number of fused-ring (bicyclic) bond motifs is 1. The van der Waals surface area contributed by atoms with E-state index in [-0.39, 0.29) is 17.5 Å². The number of rotatable bonds is 6. The standard InChI is InChI=1S/C17H23N3O5/c1-2-5-15(16(22)18-11-21)19-9-4-6-12-10-13(20(24)25)7-3-8-14(12)17(19)23/h3,7-8,10,14-15,21H,2,4-6,9,11H2,1H3,(H,18,22). The summed E-state index contributed by atoms with van der Waals surface area (Å²) in [6.07, 6.45) is 8.40. The first kappa shape index (κ1) is 18.9. The SMILES string of the molecule is CCCC(C(=O)NCO)N1CCCC2=CC([N+](=O)[O-])=CC=CC2C1=O. The molecule has 0 aromatic heterocycles. The van der Waals surface area contributed by atoms with Crippen LogP contribution in [0.3, 0.4) is 0 Å². The molecular weight excluding hydrogens is 326 g/mol. The molecule has 0 spiro atoms. The number of allylic oxidation sites excluding steroid dienone is 3. The lowest BCUT2D eigenvalue weighted by Crippen LogP contribution is -2.51. The van der Waals surface area contributed by atoms with Crippen molar-refractivity contribution in [1.29, 1.82) is 0 Å². The third-order valence-electron chi connectivity index (χ3n) is 4.42. The fraction of sp³-hybridized carbons (Fsp3) is 0.529. The molecule has 25 heavy (non-hydrogen) atoms. The van der Waals surface area contributed by atoms with Crippen LogP contribution in [0.4, 0.5) is 0 Å². The molecule has 0 radical (unpaired) electrons. The summed E-state index contributed by atoms with van der Waals surface area (Å²) in [5.41, 5.74) is 0.653. The topological polar surface area (TPSA) is 113 Å². The molecule has 2 atom stereocenters. The molecule has 0 saturated carbocycles. The number of hydrogen-bond acceptors (Lipinski definition) is 5. The first-order valence-corrected chi connectivity index (χ1v) is 8.42. The molecule has 2 rings (SSSR count). The molecule has 1 aliphatic heterocycles. The quantitative estimate of drug-likeness (QED) is 0.424. The zero-order chi connectivity index (χ0) is 18.4. The van der Waals surface area contributed by atoms with Crippen LogP contribution in [0.1, 0.15) is 32.6 Å². The Hall–Kier alpha value is -2.48. The van der Waals surface area contributed by atoms with E-state index in [4.69, 9.17) is 5.11 Å². The van der Waals surface area contributed by atoms with Gasteiger partial charge in [0.1, 0.15) is 12.8 Å². The number of nitrogens with zero attached hydrogens (tertiary/aromatic N) is 2. The molecule has 8 heteroatoms. The van der Waals surface area contributed by atoms with Crippen molar-refractivity contribution in [2.75, 3.05) is 13.3 Å². The summed E-state index contributed by atoms with van der Waals surface area (Å²) in [5, 5.41) is 22.4. The lowest BCUT2D eigenvalue weighted by atomic mass is 9.94. The van der Waals surface area contributed by atoms with Gasteiger partial charge in [0.2, 0.25) is 11.8 Å². The van der Waals surface area contributed by atoms with Gasteiger partial charge in [0, 0.05) is 18.7 Å². The molecule has 2 unspecified atom stereocenters. The highest BCUT2D eigenvalue weighted by atomic mass is 16.6. The van der Waals surface area contributed by atoms with E-state index in [2.05, 4.69) is 5.32 Å². The number of likely N-dealkylation sites (tertiary alicyclic amines) is 1. The van der Waals surface area contributed by atoms with Gasteiger partial charge in [-0.3, -0.25) is 19.7 Å². The number of aliphatic hydroxyl groups excluding tert-OH is 1. The van der Waals surface area contributed by atoms with E-state index in [1.54, 1.807) is 11.0 Å². The fourth-order valence-corrected chi connectivity index (χ4v) is 3.25. The molecule has 0 aromatic rings. The molecule has 2 amide bonds. The molecule has 1 aliphatic carbocycles. The Kier molecular flexibility index (Phi) is 6.46. The average molecular weight is 349 g/mol. The van der Waals surface area contributed by atoms with Crippen molar-refractivity contribution < 1.29 is 19.6 Å². The Morgan fingerprint density at radius 2 is 2.32 bits per heavy atom. The lowest BCUT2D eigenvalue weighted by molar-refractivity contribution is -0.419. The predicted octanol–water partition coefficient (Wildman–Crippen LogP) is 1.12. The van der Waals surface area contributed by atoms with Crippen molar-refractivity contribution in [2.24, 2.45) is 5.92 Å². The maximum atomic E-state index is 13.0. The summed E-state index contributed by atoms with van der Waals surface area (Å²) < 4.78 is 0. The summed E-state index contributed by atoms with van der Waals surface area (Å²) in [6, 6.07) is -0.649. The zero-order valence-electron chi connectivity index (χ0n) is 14.2. The lowest BCUT2D eigenvalue weighted by Gasteiger charge is -2.31. The summed E-state index contributed by atoms with van der Waals surface area (Å²) in [7, 11) is 0. The van der Waals surface area contributed by atoms with Gasteiger partial charge in [-0.2, -0.15) is 0 Å². The summed E-state index contributed by atoms with van der Waals surface area (Å²) in [6.45, 7) is 1.85. The number of aliphatic hydroxyl groups is 1. The maximum Gasteiger partial charge on any atom is 0.269 e. The van der Waals surface area contributed by atoms with E-state index in [9.17, 15) is 19.7 Å². The minimum atomic E-state index is -0.649. The number of carbonyl (C=O) groups is 2. The number of nitro groups is 1. The summed E-state index contributed by atoms with van der Waals surface area (Å²) in [5.74, 6) is -1.21. The van der Waals surface area contributed by atoms with Gasteiger partial charge in [-0.05, 0) is 24.8 Å². The summed E-state index contributed by atoms with van der Waals surface area (Å²) in [4.78, 5) is 37.4. The first-order chi connectivity index (χ1) is 12.0. The highest BCUT2D eigenvalue weighted by Gasteiger charge is 2.36. The van der Waals surface area contributed by atoms with E-state index >= 15 is 0 Å². The normalized spacial score (nSPS) is 21.4. The van der Waals surface area contributed by atoms with Crippen LogP contribution in [0.5, 0.6) is 0 Å². The Morgan fingerprint density at radius 1 is 1.56 bits per heavy atom. The molecule has 136 valence electrons. The molecule has 1 heterocycles. The van der Waals surface area contributed by atoms with Crippen molar-refractivity contribution in [3.8, 4) is 0 Å². The van der Waals surface area contributed by atoms with E-state index < -0.39 is 23.6 Å². The molecule has 2 aliphatic rings. The Bertz CT molecular complexity index is 638. The smallest absolute Gasteiger partial charge is 0.269 e. The molecule has 1 fully saturated rings. The molecule has 1 saturated heterocycles. The minimum absolute atomic E-state index is 0.0434. The van der Waals surface area contributed by atoms with Crippen LogP contribution in [-0.4, -0.2) is 46.1 Å². The first-order valence-electron chi connectivity index (χ1n) is 8.42. The second kappa shape index (κ2) is 8.57. The number of hydrogen-bond donors (Lipinski definition) is 2. The van der Waals surface area contributed by atoms with Crippen molar-refractivity contribution in [3.63, 3.8) is 0 Å². The van der Waals surface area contributed by atoms with E-state index in [0.717, 1.165) is 0 Å². The van der Waals surface area contributed by atoms with Crippen LogP contribution in [0.2, 0.25) is 0 Å². The van der Waals surface area contributed by atoms with Crippen molar-refractivity contribution in [3.05, 3.63) is 45.7 Å². The molecule has 8 nitrogen and oxygen atoms in total. The summed E-state index contributed by atoms with van der Waals surface area (Å²) >= 11 is 0. The van der Waals surface area contributed by atoms with Crippen molar-refractivity contribution in [2.45, 2.75) is 38.6 Å². The largest absolute Gasteiger partial charge is 0.376 e.